The van der Waals surface area contributed by atoms with Crippen LogP contribution in [0.1, 0.15) is 13.0 Å². The molecule has 2 heterocycles. The Morgan fingerprint density at radius 1 is 1.64 bits per heavy atom. The fourth-order valence-electron chi connectivity index (χ4n) is 1.58. The number of likely N-dealkylation sites (tertiary alicyclic amines) is 1. The third kappa shape index (κ3) is 1.50. The molecular weight excluding hydrogens is 180 g/mol. The number of carbonyl (C=O) groups is 1. The second-order valence-electron chi connectivity index (χ2n) is 3.67. The average Bonchev–Trinajstić information content (AvgIpc) is 2.63. The minimum Gasteiger partial charge on any atom is -0.338 e. The van der Waals surface area contributed by atoms with E-state index in [9.17, 15) is 4.79 Å². The summed E-state index contributed by atoms with van der Waals surface area (Å²) in [6.45, 7) is 3.19. The Kier molecular flexibility index (Phi) is 2.25. The number of aromatic nitrogens is 2. The van der Waals surface area contributed by atoms with Gasteiger partial charge < -0.3 is 10.6 Å². The highest BCUT2D eigenvalue weighted by molar-refractivity contribution is 5.80. The zero-order valence-electron chi connectivity index (χ0n) is 8.13. The second kappa shape index (κ2) is 3.42. The standard InChI is InChI=1S/C9H14N4O/c1-7(13-4-2-3-11-13)9(14)12-5-8(10)6-12/h2-4,7-8H,5-6,10H2,1H3/t7-/m0/s1. The zero-order chi connectivity index (χ0) is 10.1. The van der Waals surface area contributed by atoms with Crippen molar-refractivity contribution < 1.29 is 4.79 Å². The van der Waals surface area contributed by atoms with E-state index >= 15 is 0 Å². The van der Waals surface area contributed by atoms with Crippen LogP contribution in [0.2, 0.25) is 0 Å². The summed E-state index contributed by atoms with van der Waals surface area (Å²) in [5, 5.41) is 4.03. The Morgan fingerprint density at radius 2 is 2.36 bits per heavy atom. The molecule has 1 fully saturated rings. The molecule has 14 heavy (non-hydrogen) atoms. The van der Waals surface area contributed by atoms with Gasteiger partial charge in [0.1, 0.15) is 6.04 Å². The maximum absolute atomic E-state index is 11.8. The van der Waals surface area contributed by atoms with Crippen LogP contribution in [-0.2, 0) is 4.79 Å². The summed E-state index contributed by atoms with van der Waals surface area (Å²) in [7, 11) is 0. The Labute approximate surface area is 82.5 Å². The van der Waals surface area contributed by atoms with E-state index in [0.29, 0.717) is 13.1 Å². The van der Waals surface area contributed by atoms with Crippen molar-refractivity contribution in [1.29, 1.82) is 0 Å². The number of carbonyl (C=O) groups excluding carboxylic acids is 1. The van der Waals surface area contributed by atoms with E-state index in [1.165, 1.54) is 0 Å². The topological polar surface area (TPSA) is 64.2 Å². The Morgan fingerprint density at radius 3 is 2.86 bits per heavy atom. The summed E-state index contributed by atoms with van der Waals surface area (Å²) in [4.78, 5) is 13.5. The van der Waals surface area contributed by atoms with Crippen LogP contribution in [0.5, 0.6) is 0 Å². The van der Waals surface area contributed by atoms with Crippen molar-refractivity contribution in [2.75, 3.05) is 13.1 Å². The minimum atomic E-state index is -0.225. The van der Waals surface area contributed by atoms with Crippen molar-refractivity contribution in [3.8, 4) is 0 Å². The van der Waals surface area contributed by atoms with Crippen LogP contribution in [0.15, 0.2) is 18.5 Å². The molecule has 76 valence electrons. The summed E-state index contributed by atoms with van der Waals surface area (Å²) >= 11 is 0. The first-order valence-electron chi connectivity index (χ1n) is 4.72. The number of nitrogens with two attached hydrogens (primary N) is 1. The largest absolute Gasteiger partial charge is 0.338 e. The van der Waals surface area contributed by atoms with Crippen LogP contribution >= 0.6 is 0 Å². The fourth-order valence-corrected chi connectivity index (χ4v) is 1.58. The maximum atomic E-state index is 11.8. The highest BCUT2D eigenvalue weighted by Crippen LogP contribution is 2.13. The predicted molar refractivity (Wildman–Crippen MR) is 51.5 cm³/mol. The van der Waals surface area contributed by atoms with E-state index in [1.807, 2.05) is 13.0 Å². The molecule has 0 spiro atoms. The zero-order valence-corrected chi connectivity index (χ0v) is 8.13. The van der Waals surface area contributed by atoms with Crippen LogP contribution in [0.25, 0.3) is 0 Å². The van der Waals surface area contributed by atoms with Gasteiger partial charge in [0, 0.05) is 31.5 Å². The normalized spacial score (nSPS) is 19.1. The van der Waals surface area contributed by atoms with Gasteiger partial charge in [-0.05, 0) is 13.0 Å². The number of hydrogen-bond donors (Lipinski definition) is 1. The van der Waals surface area contributed by atoms with Gasteiger partial charge in [-0.15, -0.1) is 0 Å². The molecule has 0 saturated carbocycles. The molecular formula is C9H14N4O. The first-order valence-corrected chi connectivity index (χ1v) is 4.72. The number of nitrogens with zero attached hydrogens (tertiary/aromatic N) is 3. The van der Waals surface area contributed by atoms with Gasteiger partial charge in [-0.2, -0.15) is 5.10 Å². The third-order valence-electron chi connectivity index (χ3n) is 2.50. The van der Waals surface area contributed by atoms with Gasteiger partial charge in [-0.1, -0.05) is 0 Å². The van der Waals surface area contributed by atoms with Crippen molar-refractivity contribution in [2.45, 2.75) is 19.0 Å². The van der Waals surface area contributed by atoms with Crippen LogP contribution in [0, 0.1) is 0 Å². The molecule has 2 N–H and O–H groups in total. The Bertz CT molecular complexity index is 316. The molecule has 1 aromatic rings. The van der Waals surface area contributed by atoms with Crippen molar-refractivity contribution in [2.24, 2.45) is 5.73 Å². The van der Waals surface area contributed by atoms with E-state index in [4.69, 9.17) is 5.73 Å². The van der Waals surface area contributed by atoms with Crippen LogP contribution in [0.4, 0.5) is 0 Å². The number of rotatable bonds is 2. The van der Waals surface area contributed by atoms with Crippen molar-refractivity contribution in [3.63, 3.8) is 0 Å². The minimum absolute atomic E-state index is 0.0930. The SMILES string of the molecule is C[C@@H](C(=O)N1CC(N)C1)n1cccn1. The molecule has 0 aliphatic carbocycles. The van der Waals surface area contributed by atoms with Gasteiger partial charge in [0.25, 0.3) is 0 Å². The van der Waals surface area contributed by atoms with Gasteiger partial charge in [0.2, 0.25) is 5.91 Å². The van der Waals surface area contributed by atoms with Crippen LogP contribution in [-0.4, -0.2) is 39.7 Å². The lowest BCUT2D eigenvalue weighted by Gasteiger charge is -2.38. The lowest BCUT2D eigenvalue weighted by atomic mass is 10.1. The van der Waals surface area contributed by atoms with E-state index in [2.05, 4.69) is 5.10 Å². The molecule has 1 saturated heterocycles. The molecule has 5 heteroatoms. The molecule has 0 radical (unpaired) electrons. The van der Waals surface area contributed by atoms with E-state index in [0.717, 1.165) is 0 Å². The highest BCUT2D eigenvalue weighted by atomic mass is 16.2. The molecule has 1 aliphatic rings. The molecule has 1 aromatic heterocycles. The molecule has 0 unspecified atom stereocenters. The summed E-state index contributed by atoms with van der Waals surface area (Å²) in [5.74, 6) is 0.0930. The summed E-state index contributed by atoms with van der Waals surface area (Å²) < 4.78 is 1.66. The van der Waals surface area contributed by atoms with Crippen LogP contribution in [0.3, 0.4) is 0 Å². The monoisotopic (exact) mass is 194 g/mol. The van der Waals surface area contributed by atoms with E-state index < -0.39 is 0 Å². The molecule has 1 amide bonds. The summed E-state index contributed by atoms with van der Waals surface area (Å²) in [6.07, 6.45) is 3.47. The highest BCUT2D eigenvalue weighted by Gasteiger charge is 2.31. The first kappa shape index (κ1) is 9.21. The molecule has 0 aromatic carbocycles. The summed E-state index contributed by atoms with van der Waals surface area (Å²) in [6, 6.07) is 1.74. The molecule has 1 aliphatic heterocycles. The smallest absolute Gasteiger partial charge is 0.247 e. The molecule has 5 nitrogen and oxygen atoms in total. The lowest BCUT2D eigenvalue weighted by Crippen LogP contribution is -2.59. The summed E-state index contributed by atoms with van der Waals surface area (Å²) in [5.41, 5.74) is 5.61. The quantitative estimate of drug-likeness (QED) is 0.697. The number of hydrogen-bond acceptors (Lipinski definition) is 3. The van der Waals surface area contributed by atoms with Crippen molar-refractivity contribution >= 4 is 5.91 Å². The molecule has 0 bridgehead atoms. The van der Waals surface area contributed by atoms with Crippen molar-refractivity contribution in [3.05, 3.63) is 18.5 Å². The molecule has 2 rings (SSSR count). The average molecular weight is 194 g/mol. The predicted octanol–water partition coefficient (Wildman–Crippen LogP) is -0.386. The Balaban J connectivity index is 1.99. The fraction of sp³-hybridized carbons (Fsp3) is 0.556. The Hall–Kier alpha value is -1.36. The first-order chi connectivity index (χ1) is 6.68. The van der Waals surface area contributed by atoms with Gasteiger partial charge in [0.15, 0.2) is 0 Å². The van der Waals surface area contributed by atoms with Crippen molar-refractivity contribution in [1.82, 2.24) is 14.7 Å². The van der Waals surface area contributed by atoms with E-state index in [-0.39, 0.29) is 18.0 Å². The van der Waals surface area contributed by atoms with Crippen LogP contribution < -0.4 is 5.73 Å². The number of amides is 1. The van der Waals surface area contributed by atoms with Gasteiger partial charge in [-0.3, -0.25) is 9.48 Å². The maximum Gasteiger partial charge on any atom is 0.247 e. The molecule has 1 atom stereocenters. The van der Waals surface area contributed by atoms with Gasteiger partial charge in [-0.25, -0.2) is 0 Å². The lowest BCUT2D eigenvalue weighted by molar-refractivity contribution is -0.138. The van der Waals surface area contributed by atoms with Gasteiger partial charge >= 0.3 is 0 Å². The van der Waals surface area contributed by atoms with Gasteiger partial charge in [0.05, 0.1) is 0 Å². The van der Waals surface area contributed by atoms with E-state index in [1.54, 1.807) is 22.0 Å². The third-order valence-corrected chi connectivity index (χ3v) is 2.50. The second-order valence-corrected chi connectivity index (χ2v) is 3.67.